The normalized spacial score (nSPS) is 15.3. The molecule has 0 aliphatic carbocycles. The van der Waals surface area contributed by atoms with E-state index in [2.05, 4.69) is 5.32 Å². The molecule has 1 saturated heterocycles. The fourth-order valence-corrected chi connectivity index (χ4v) is 3.55. The van der Waals surface area contributed by atoms with Crippen molar-refractivity contribution >= 4 is 33.4 Å². The van der Waals surface area contributed by atoms with E-state index in [-0.39, 0.29) is 34.0 Å². The zero-order valence-electron chi connectivity index (χ0n) is 15.4. The Morgan fingerprint density at radius 3 is 2.22 bits per heavy atom. The van der Waals surface area contributed by atoms with Gasteiger partial charge >= 0.3 is 12.0 Å². The lowest BCUT2D eigenvalue weighted by atomic mass is 9.96. The number of likely N-dealkylation sites (tertiary alicyclic amines) is 1. The molecule has 1 fully saturated rings. The summed E-state index contributed by atoms with van der Waals surface area (Å²) in [5.74, 6) is -1.95. The molecule has 0 radical (unpaired) electrons. The summed E-state index contributed by atoms with van der Waals surface area (Å²) in [6.45, 7) is 0.887. The Labute approximate surface area is 157 Å². The Morgan fingerprint density at radius 1 is 1.15 bits per heavy atom. The molecule has 0 unspecified atom stereocenters. The van der Waals surface area contributed by atoms with Gasteiger partial charge in [0.1, 0.15) is 0 Å². The number of piperidine rings is 1. The molecule has 2 N–H and O–H groups in total. The summed E-state index contributed by atoms with van der Waals surface area (Å²) < 4.78 is 23.5. The van der Waals surface area contributed by atoms with Crippen molar-refractivity contribution in [1.82, 2.24) is 9.80 Å². The van der Waals surface area contributed by atoms with Crippen molar-refractivity contribution < 1.29 is 27.9 Å². The van der Waals surface area contributed by atoms with E-state index in [0.717, 1.165) is 12.3 Å². The van der Waals surface area contributed by atoms with Crippen molar-refractivity contribution in [1.29, 1.82) is 0 Å². The maximum absolute atomic E-state index is 12.5. The van der Waals surface area contributed by atoms with E-state index >= 15 is 0 Å². The number of carboxylic acids is 1. The second-order valence-corrected chi connectivity index (χ2v) is 8.77. The summed E-state index contributed by atoms with van der Waals surface area (Å²) in [5.41, 5.74) is -0.105. The highest BCUT2D eigenvalue weighted by Gasteiger charge is 2.28. The number of carboxylic acid groups (broad SMARTS) is 1. The fourth-order valence-electron chi connectivity index (χ4n) is 2.87. The van der Waals surface area contributed by atoms with E-state index in [1.165, 1.54) is 17.0 Å². The number of sulfone groups is 1. The minimum Gasteiger partial charge on any atom is -0.478 e. The van der Waals surface area contributed by atoms with Gasteiger partial charge in [-0.15, -0.1) is 0 Å². The van der Waals surface area contributed by atoms with Crippen molar-refractivity contribution in [2.45, 2.75) is 17.7 Å². The molecule has 3 amide bonds. The molecule has 1 heterocycles. The molecule has 148 valence electrons. The van der Waals surface area contributed by atoms with E-state index in [0.29, 0.717) is 25.9 Å². The predicted molar refractivity (Wildman–Crippen MR) is 98.5 cm³/mol. The smallest absolute Gasteiger partial charge is 0.335 e. The van der Waals surface area contributed by atoms with Crippen LogP contribution in [0.3, 0.4) is 0 Å². The van der Waals surface area contributed by atoms with Gasteiger partial charge in [-0.3, -0.25) is 4.79 Å². The van der Waals surface area contributed by atoms with Crippen molar-refractivity contribution in [2.24, 2.45) is 5.92 Å². The summed E-state index contributed by atoms with van der Waals surface area (Å²) in [6.07, 6.45) is 1.92. The number of nitrogens with one attached hydrogen (secondary N) is 1. The topological polar surface area (TPSA) is 124 Å². The number of amides is 3. The second kappa shape index (κ2) is 7.95. The van der Waals surface area contributed by atoms with Crippen LogP contribution < -0.4 is 5.32 Å². The standard InChI is InChI=1S/C17H23N3O6S/c1-19(2)17(24)20-6-4-11(5-7-20)15(21)18-13-8-12(16(22)23)9-14(10-13)27(3,25)26/h8-11H,4-7H2,1-3H3,(H,18,21)(H,22,23). The quantitative estimate of drug-likeness (QED) is 0.785. The minimum absolute atomic E-state index is 0.110. The van der Waals surface area contributed by atoms with Gasteiger partial charge in [0, 0.05) is 45.0 Å². The van der Waals surface area contributed by atoms with Crippen molar-refractivity contribution in [3.63, 3.8) is 0 Å². The number of anilines is 1. The number of hydrogen-bond donors (Lipinski definition) is 2. The third kappa shape index (κ3) is 5.19. The highest BCUT2D eigenvalue weighted by molar-refractivity contribution is 7.90. The molecule has 0 spiro atoms. The van der Waals surface area contributed by atoms with Crippen LogP contribution in [0.25, 0.3) is 0 Å². The number of carbonyl (C=O) groups is 3. The molecular formula is C17H23N3O6S. The molecule has 27 heavy (non-hydrogen) atoms. The van der Waals surface area contributed by atoms with Crippen LogP contribution in [0.4, 0.5) is 10.5 Å². The average molecular weight is 397 g/mol. The maximum Gasteiger partial charge on any atom is 0.335 e. The van der Waals surface area contributed by atoms with Gasteiger partial charge in [0.2, 0.25) is 5.91 Å². The van der Waals surface area contributed by atoms with Gasteiger partial charge in [-0.1, -0.05) is 0 Å². The molecule has 2 rings (SSSR count). The molecule has 0 aromatic heterocycles. The first-order valence-corrected chi connectivity index (χ1v) is 10.2. The third-order valence-corrected chi connectivity index (χ3v) is 5.46. The zero-order valence-corrected chi connectivity index (χ0v) is 16.2. The second-order valence-electron chi connectivity index (χ2n) is 6.75. The van der Waals surface area contributed by atoms with Gasteiger partial charge in [0.25, 0.3) is 0 Å². The van der Waals surface area contributed by atoms with E-state index in [9.17, 15) is 22.8 Å². The molecule has 10 heteroatoms. The SMILES string of the molecule is CN(C)C(=O)N1CCC(C(=O)Nc2cc(C(=O)O)cc(S(C)(=O)=O)c2)CC1. The lowest BCUT2D eigenvalue weighted by Crippen LogP contribution is -2.45. The summed E-state index contributed by atoms with van der Waals surface area (Å²) in [6, 6.07) is 3.41. The number of carbonyl (C=O) groups excluding carboxylic acids is 2. The molecule has 1 aromatic carbocycles. The zero-order chi connectivity index (χ0) is 20.4. The maximum atomic E-state index is 12.5. The number of urea groups is 1. The Balaban J connectivity index is 2.11. The summed E-state index contributed by atoms with van der Waals surface area (Å²) in [4.78, 5) is 38.6. The van der Waals surface area contributed by atoms with Gasteiger partial charge in [0.15, 0.2) is 9.84 Å². The molecule has 1 aromatic rings. The number of nitrogens with zero attached hydrogens (tertiary/aromatic N) is 2. The van der Waals surface area contributed by atoms with E-state index < -0.39 is 15.8 Å². The van der Waals surface area contributed by atoms with Crippen molar-refractivity contribution in [3.8, 4) is 0 Å². The van der Waals surface area contributed by atoms with Gasteiger partial charge in [-0.05, 0) is 31.0 Å². The Kier molecular flexibility index (Phi) is 6.09. The Hall–Kier alpha value is -2.62. The lowest BCUT2D eigenvalue weighted by molar-refractivity contribution is -0.121. The summed E-state index contributed by atoms with van der Waals surface area (Å²) in [7, 11) is -0.305. The summed E-state index contributed by atoms with van der Waals surface area (Å²) in [5, 5.41) is 11.8. The molecule has 0 saturated carbocycles. The first-order valence-electron chi connectivity index (χ1n) is 8.34. The van der Waals surface area contributed by atoms with Crippen LogP contribution in [0, 0.1) is 5.92 Å². The Bertz CT molecular complexity index is 857. The minimum atomic E-state index is -3.63. The van der Waals surface area contributed by atoms with Crippen LogP contribution in [0.5, 0.6) is 0 Å². The van der Waals surface area contributed by atoms with Gasteiger partial charge in [0.05, 0.1) is 10.5 Å². The molecule has 9 nitrogen and oxygen atoms in total. The molecule has 1 aliphatic rings. The highest BCUT2D eigenvalue weighted by Crippen LogP contribution is 2.23. The fraction of sp³-hybridized carbons (Fsp3) is 0.471. The average Bonchev–Trinajstić information content (AvgIpc) is 2.60. The van der Waals surface area contributed by atoms with Crippen LogP contribution >= 0.6 is 0 Å². The highest BCUT2D eigenvalue weighted by atomic mass is 32.2. The molecule has 0 atom stereocenters. The molecular weight excluding hydrogens is 374 g/mol. The van der Waals surface area contributed by atoms with Gasteiger partial charge in [-0.25, -0.2) is 18.0 Å². The van der Waals surface area contributed by atoms with E-state index in [1.807, 2.05) is 0 Å². The van der Waals surface area contributed by atoms with Gasteiger partial charge < -0.3 is 20.2 Å². The first kappa shape index (κ1) is 20.7. The van der Waals surface area contributed by atoms with Crippen LogP contribution in [-0.2, 0) is 14.6 Å². The van der Waals surface area contributed by atoms with Gasteiger partial charge in [-0.2, -0.15) is 0 Å². The molecule has 0 bridgehead atoms. The predicted octanol–water partition coefficient (Wildman–Crippen LogP) is 1.12. The Morgan fingerprint density at radius 2 is 1.74 bits per heavy atom. The largest absolute Gasteiger partial charge is 0.478 e. The number of benzene rings is 1. The summed E-state index contributed by atoms with van der Waals surface area (Å²) >= 11 is 0. The van der Waals surface area contributed by atoms with Crippen molar-refractivity contribution in [2.75, 3.05) is 38.8 Å². The monoisotopic (exact) mass is 397 g/mol. The van der Waals surface area contributed by atoms with E-state index in [1.54, 1.807) is 19.0 Å². The van der Waals surface area contributed by atoms with E-state index in [4.69, 9.17) is 5.11 Å². The van der Waals surface area contributed by atoms with Crippen LogP contribution in [0.1, 0.15) is 23.2 Å². The molecule has 1 aliphatic heterocycles. The van der Waals surface area contributed by atoms with Crippen LogP contribution in [0.2, 0.25) is 0 Å². The van der Waals surface area contributed by atoms with Crippen LogP contribution in [0.15, 0.2) is 23.1 Å². The third-order valence-electron chi connectivity index (χ3n) is 4.37. The number of aromatic carboxylic acids is 1. The number of hydrogen-bond acceptors (Lipinski definition) is 5. The first-order chi connectivity index (χ1) is 12.5. The van der Waals surface area contributed by atoms with Crippen LogP contribution in [-0.4, -0.2) is 74.7 Å². The van der Waals surface area contributed by atoms with Crippen molar-refractivity contribution in [3.05, 3.63) is 23.8 Å². The lowest BCUT2D eigenvalue weighted by Gasteiger charge is -2.33. The number of rotatable bonds is 4.